The van der Waals surface area contributed by atoms with E-state index in [1.165, 1.54) is 5.56 Å². The standard InChI is InChI=1S/C14H19N3O/c1-3-17-11-13(10-16-17)18-9-8-15-14-7-5-4-6-12(14)2/h4-7,10-11,15H,3,8-9H2,1-2H3. The van der Waals surface area contributed by atoms with E-state index >= 15 is 0 Å². The van der Waals surface area contributed by atoms with Crippen LogP contribution in [0.1, 0.15) is 12.5 Å². The predicted octanol–water partition coefficient (Wildman–Crippen LogP) is 2.70. The number of nitrogens with zero attached hydrogens (tertiary/aromatic N) is 2. The van der Waals surface area contributed by atoms with Gasteiger partial charge in [-0.25, -0.2) is 0 Å². The molecule has 0 unspecified atom stereocenters. The van der Waals surface area contributed by atoms with Crippen LogP contribution in [0, 0.1) is 6.92 Å². The third-order valence-corrected chi connectivity index (χ3v) is 2.76. The van der Waals surface area contributed by atoms with Crippen LogP contribution in [-0.4, -0.2) is 22.9 Å². The lowest BCUT2D eigenvalue weighted by atomic mass is 10.2. The molecule has 0 aliphatic carbocycles. The molecule has 0 aliphatic rings. The van der Waals surface area contributed by atoms with Gasteiger partial charge >= 0.3 is 0 Å². The molecule has 0 spiro atoms. The van der Waals surface area contributed by atoms with E-state index in [0.717, 1.165) is 24.5 Å². The lowest BCUT2D eigenvalue weighted by Crippen LogP contribution is -2.11. The smallest absolute Gasteiger partial charge is 0.157 e. The second kappa shape index (κ2) is 6.10. The van der Waals surface area contributed by atoms with E-state index in [-0.39, 0.29) is 0 Å². The maximum absolute atomic E-state index is 5.60. The van der Waals surface area contributed by atoms with Gasteiger partial charge in [0.05, 0.1) is 12.4 Å². The van der Waals surface area contributed by atoms with E-state index in [1.54, 1.807) is 6.20 Å². The summed E-state index contributed by atoms with van der Waals surface area (Å²) in [4.78, 5) is 0. The first-order valence-corrected chi connectivity index (χ1v) is 6.24. The van der Waals surface area contributed by atoms with Gasteiger partial charge in [0.25, 0.3) is 0 Å². The highest BCUT2D eigenvalue weighted by molar-refractivity contribution is 5.50. The van der Waals surface area contributed by atoms with Crippen LogP contribution < -0.4 is 10.1 Å². The minimum Gasteiger partial charge on any atom is -0.488 e. The molecule has 96 valence electrons. The number of aromatic nitrogens is 2. The Morgan fingerprint density at radius 2 is 2.17 bits per heavy atom. The molecular weight excluding hydrogens is 226 g/mol. The average Bonchev–Trinajstić information content (AvgIpc) is 2.84. The van der Waals surface area contributed by atoms with Crippen LogP contribution in [0.2, 0.25) is 0 Å². The van der Waals surface area contributed by atoms with E-state index in [2.05, 4.69) is 36.4 Å². The van der Waals surface area contributed by atoms with Gasteiger partial charge in [0.1, 0.15) is 6.61 Å². The van der Waals surface area contributed by atoms with Crippen LogP contribution in [0.15, 0.2) is 36.7 Å². The first-order valence-electron chi connectivity index (χ1n) is 6.24. The van der Waals surface area contributed by atoms with Crippen LogP contribution >= 0.6 is 0 Å². The summed E-state index contributed by atoms with van der Waals surface area (Å²) in [5.74, 6) is 0.823. The van der Waals surface area contributed by atoms with Crippen molar-refractivity contribution in [2.75, 3.05) is 18.5 Å². The van der Waals surface area contributed by atoms with E-state index in [4.69, 9.17) is 4.74 Å². The fourth-order valence-corrected chi connectivity index (χ4v) is 1.72. The second-order valence-electron chi connectivity index (χ2n) is 4.12. The molecule has 1 N–H and O–H groups in total. The van der Waals surface area contributed by atoms with Gasteiger partial charge in [-0.15, -0.1) is 0 Å². The van der Waals surface area contributed by atoms with Crippen molar-refractivity contribution in [2.45, 2.75) is 20.4 Å². The minimum absolute atomic E-state index is 0.629. The topological polar surface area (TPSA) is 39.1 Å². The van der Waals surface area contributed by atoms with Gasteiger partial charge in [-0.3, -0.25) is 4.68 Å². The molecule has 18 heavy (non-hydrogen) atoms. The molecule has 0 atom stereocenters. The zero-order valence-corrected chi connectivity index (χ0v) is 10.9. The lowest BCUT2D eigenvalue weighted by molar-refractivity contribution is 0.332. The molecule has 0 fully saturated rings. The number of anilines is 1. The minimum atomic E-state index is 0.629. The highest BCUT2D eigenvalue weighted by Gasteiger charge is 1.98. The fraction of sp³-hybridized carbons (Fsp3) is 0.357. The van der Waals surface area contributed by atoms with E-state index in [0.29, 0.717) is 6.61 Å². The molecule has 1 aromatic carbocycles. The number of para-hydroxylation sites is 1. The molecule has 1 aromatic heterocycles. The van der Waals surface area contributed by atoms with Crippen LogP contribution in [0.25, 0.3) is 0 Å². The summed E-state index contributed by atoms with van der Waals surface area (Å²) < 4.78 is 7.46. The first kappa shape index (κ1) is 12.5. The molecule has 2 rings (SSSR count). The largest absolute Gasteiger partial charge is 0.488 e. The molecular formula is C14H19N3O. The zero-order valence-electron chi connectivity index (χ0n) is 10.9. The number of aryl methyl sites for hydroxylation is 2. The van der Waals surface area contributed by atoms with E-state index in [9.17, 15) is 0 Å². The third kappa shape index (κ3) is 3.26. The maximum Gasteiger partial charge on any atom is 0.157 e. The lowest BCUT2D eigenvalue weighted by Gasteiger charge is -2.09. The highest BCUT2D eigenvalue weighted by Crippen LogP contribution is 2.12. The molecule has 0 saturated heterocycles. The molecule has 4 nitrogen and oxygen atoms in total. The fourth-order valence-electron chi connectivity index (χ4n) is 1.72. The highest BCUT2D eigenvalue weighted by atomic mass is 16.5. The summed E-state index contributed by atoms with van der Waals surface area (Å²) in [7, 11) is 0. The summed E-state index contributed by atoms with van der Waals surface area (Å²) in [6.07, 6.45) is 3.66. The van der Waals surface area contributed by atoms with Gasteiger partial charge < -0.3 is 10.1 Å². The Morgan fingerprint density at radius 1 is 1.33 bits per heavy atom. The Bertz CT molecular complexity index is 493. The monoisotopic (exact) mass is 245 g/mol. The van der Waals surface area contributed by atoms with Crippen LogP contribution in [0.5, 0.6) is 5.75 Å². The predicted molar refractivity (Wildman–Crippen MR) is 73.1 cm³/mol. The number of benzene rings is 1. The number of hydrogen-bond donors (Lipinski definition) is 1. The SMILES string of the molecule is CCn1cc(OCCNc2ccccc2C)cn1. The van der Waals surface area contributed by atoms with Crippen LogP contribution in [0.3, 0.4) is 0 Å². The normalized spacial score (nSPS) is 10.3. The summed E-state index contributed by atoms with van der Waals surface area (Å²) >= 11 is 0. The van der Waals surface area contributed by atoms with Crippen molar-refractivity contribution < 1.29 is 4.74 Å². The van der Waals surface area contributed by atoms with Crippen molar-refractivity contribution in [2.24, 2.45) is 0 Å². The summed E-state index contributed by atoms with van der Waals surface area (Å²) in [6, 6.07) is 8.23. The van der Waals surface area contributed by atoms with Crippen molar-refractivity contribution in [3.8, 4) is 5.75 Å². The third-order valence-electron chi connectivity index (χ3n) is 2.76. The first-order chi connectivity index (χ1) is 8.79. The Balaban J connectivity index is 1.74. The van der Waals surface area contributed by atoms with Crippen molar-refractivity contribution in [1.29, 1.82) is 0 Å². The van der Waals surface area contributed by atoms with Gasteiger partial charge in [-0.05, 0) is 25.5 Å². The summed E-state index contributed by atoms with van der Waals surface area (Å²) in [5.41, 5.74) is 2.40. The van der Waals surface area contributed by atoms with Crippen LogP contribution in [-0.2, 0) is 6.54 Å². The van der Waals surface area contributed by atoms with Gasteiger partial charge in [0.15, 0.2) is 5.75 Å². The molecule has 0 radical (unpaired) electrons. The van der Waals surface area contributed by atoms with Crippen molar-refractivity contribution in [3.05, 3.63) is 42.2 Å². The quantitative estimate of drug-likeness (QED) is 0.795. The average molecular weight is 245 g/mol. The molecule has 0 aliphatic heterocycles. The second-order valence-corrected chi connectivity index (χ2v) is 4.12. The van der Waals surface area contributed by atoms with Crippen LogP contribution in [0.4, 0.5) is 5.69 Å². The van der Waals surface area contributed by atoms with Gasteiger partial charge in [-0.1, -0.05) is 18.2 Å². The molecule has 2 aromatic rings. The molecule has 0 saturated carbocycles. The molecule has 1 heterocycles. The Kier molecular flexibility index (Phi) is 4.23. The number of hydrogen-bond acceptors (Lipinski definition) is 3. The van der Waals surface area contributed by atoms with E-state index in [1.807, 2.05) is 23.0 Å². The van der Waals surface area contributed by atoms with Crippen molar-refractivity contribution >= 4 is 5.69 Å². The van der Waals surface area contributed by atoms with Crippen molar-refractivity contribution in [1.82, 2.24) is 9.78 Å². The number of ether oxygens (including phenoxy) is 1. The maximum atomic E-state index is 5.60. The van der Waals surface area contributed by atoms with E-state index < -0.39 is 0 Å². The van der Waals surface area contributed by atoms with Gasteiger partial charge in [0, 0.05) is 18.8 Å². The summed E-state index contributed by atoms with van der Waals surface area (Å²) in [5, 5.41) is 7.51. The van der Waals surface area contributed by atoms with Crippen molar-refractivity contribution in [3.63, 3.8) is 0 Å². The Morgan fingerprint density at radius 3 is 2.89 bits per heavy atom. The zero-order chi connectivity index (χ0) is 12.8. The molecule has 0 bridgehead atoms. The number of nitrogens with one attached hydrogen (secondary N) is 1. The number of rotatable bonds is 6. The van der Waals surface area contributed by atoms with Gasteiger partial charge in [0.2, 0.25) is 0 Å². The summed E-state index contributed by atoms with van der Waals surface area (Å²) in [6.45, 7) is 6.42. The molecule has 4 heteroatoms. The Hall–Kier alpha value is -1.97. The van der Waals surface area contributed by atoms with Gasteiger partial charge in [-0.2, -0.15) is 5.10 Å². The Labute approximate surface area is 108 Å². The molecule has 0 amide bonds.